The molecule has 1 N–H and O–H groups in total. The molecule has 0 aromatic heterocycles. The second-order valence-electron chi connectivity index (χ2n) is 8.10. The Morgan fingerprint density at radius 3 is 2.25 bits per heavy atom. The van der Waals surface area contributed by atoms with Gasteiger partial charge in [0, 0.05) is 24.5 Å². The van der Waals surface area contributed by atoms with Crippen LogP contribution in [0.1, 0.15) is 38.2 Å². The molecular formula is C24H30N2O5S. The number of aryl methyl sites for hydroxylation is 1. The molecule has 1 atom stereocenters. The van der Waals surface area contributed by atoms with Crippen molar-refractivity contribution in [2.75, 3.05) is 29.1 Å². The highest BCUT2D eigenvalue weighted by Gasteiger charge is 2.21. The third kappa shape index (κ3) is 6.56. The summed E-state index contributed by atoms with van der Waals surface area (Å²) in [6.07, 6.45) is 2.28. The zero-order valence-corrected chi connectivity index (χ0v) is 19.4. The van der Waals surface area contributed by atoms with Crippen molar-refractivity contribution in [3.05, 3.63) is 54.1 Å². The van der Waals surface area contributed by atoms with Gasteiger partial charge in [0.25, 0.3) is 5.91 Å². The molecule has 1 unspecified atom stereocenters. The van der Waals surface area contributed by atoms with Crippen molar-refractivity contribution >= 4 is 33.1 Å². The van der Waals surface area contributed by atoms with Crippen LogP contribution < -0.4 is 10.2 Å². The first kappa shape index (κ1) is 23.8. The number of carbonyl (C=O) groups excluding carboxylic acids is 2. The molecule has 8 heteroatoms. The van der Waals surface area contributed by atoms with Crippen molar-refractivity contribution in [2.45, 2.75) is 50.5 Å². The number of nitrogens with zero attached hydrogens (tertiary/aromatic N) is 1. The third-order valence-electron chi connectivity index (χ3n) is 5.49. The van der Waals surface area contributed by atoms with Crippen LogP contribution in [-0.2, 0) is 24.2 Å². The number of sulfone groups is 1. The van der Waals surface area contributed by atoms with E-state index in [4.69, 9.17) is 4.74 Å². The molecular weight excluding hydrogens is 428 g/mol. The first-order valence-corrected chi connectivity index (χ1v) is 12.5. The van der Waals surface area contributed by atoms with Crippen molar-refractivity contribution in [1.82, 2.24) is 0 Å². The van der Waals surface area contributed by atoms with Crippen molar-refractivity contribution in [2.24, 2.45) is 0 Å². The van der Waals surface area contributed by atoms with Crippen LogP contribution in [0.25, 0.3) is 0 Å². The summed E-state index contributed by atoms with van der Waals surface area (Å²) < 4.78 is 29.9. The number of piperidine rings is 1. The van der Waals surface area contributed by atoms with Gasteiger partial charge in [-0.15, -0.1) is 0 Å². The lowest BCUT2D eigenvalue weighted by molar-refractivity contribution is -0.152. The number of ether oxygens (including phenoxy) is 1. The second-order valence-corrected chi connectivity index (χ2v) is 10.2. The van der Waals surface area contributed by atoms with E-state index in [0.717, 1.165) is 24.3 Å². The van der Waals surface area contributed by atoms with E-state index in [1.807, 2.05) is 31.2 Å². The molecule has 1 fully saturated rings. The number of esters is 1. The monoisotopic (exact) mass is 458 g/mol. The lowest BCUT2D eigenvalue weighted by Crippen LogP contribution is -2.31. The van der Waals surface area contributed by atoms with Gasteiger partial charge in [0.15, 0.2) is 15.9 Å². The summed E-state index contributed by atoms with van der Waals surface area (Å²) >= 11 is 0. The highest BCUT2D eigenvalue weighted by molar-refractivity contribution is 7.91. The fourth-order valence-corrected chi connectivity index (χ4v) is 4.76. The zero-order chi connectivity index (χ0) is 23.1. The van der Waals surface area contributed by atoms with Crippen molar-refractivity contribution in [3.8, 4) is 0 Å². The Balaban J connectivity index is 1.47. The largest absolute Gasteiger partial charge is 0.453 e. The first-order chi connectivity index (χ1) is 15.2. The minimum absolute atomic E-state index is 0.162. The Morgan fingerprint density at radius 2 is 1.62 bits per heavy atom. The smallest absolute Gasteiger partial charge is 0.307 e. The Labute approximate surface area is 189 Å². The van der Waals surface area contributed by atoms with Crippen LogP contribution >= 0.6 is 0 Å². The van der Waals surface area contributed by atoms with E-state index in [1.54, 1.807) is 12.1 Å². The number of carbonyl (C=O) groups is 2. The summed E-state index contributed by atoms with van der Waals surface area (Å²) in [5.41, 5.74) is 2.68. The molecule has 1 aliphatic rings. The lowest BCUT2D eigenvalue weighted by atomic mass is 10.1. The number of hydrogen-bond acceptors (Lipinski definition) is 6. The summed E-state index contributed by atoms with van der Waals surface area (Å²) in [6, 6.07) is 14.0. The number of amides is 1. The maximum absolute atomic E-state index is 12.4. The molecule has 1 saturated heterocycles. The normalized spacial score (nSPS) is 15.1. The molecule has 3 rings (SSSR count). The zero-order valence-electron chi connectivity index (χ0n) is 18.5. The minimum atomic E-state index is -3.60. The molecule has 1 amide bonds. The van der Waals surface area contributed by atoms with Gasteiger partial charge in [-0.2, -0.15) is 0 Å². The van der Waals surface area contributed by atoms with E-state index < -0.39 is 27.8 Å². The van der Waals surface area contributed by atoms with Gasteiger partial charge in [-0.3, -0.25) is 9.59 Å². The summed E-state index contributed by atoms with van der Waals surface area (Å²) in [6.45, 7) is 5.41. The molecule has 1 heterocycles. The van der Waals surface area contributed by atoms with Gasteiger partial charge in [-0.25, -0.2) is 8.42 Å². The average molecular weight is 459 g/mol. The van der Waals surface area contributed by atoms with Crippen molar-refractivity contribution in [3.63, 3.8) is 0 Å². The van der Waals surface area contributed by atoms with E-state index in [2.05, 4.69) is 10.2 Å². The van der Waals surface area contributed by atoms with E-state index in [0.29, 0.717) is 5.69 Å². The maximum atomic E-state index is 12.4. The Bertz CT molecular complexity index is 1030. The lowest BCUT2D eigenvalue weighted by Gasteiger charge is -2.28. The van der Waals surface area contributed by atoms with E-state index >= 15 is 0 Å². The number of nitrogens with one attached hydrogen (secondary N) is 1. The van der Waals surface area contributed by atoms with Crippen LogP contribution in [0.4, 0.5) is 11.4 Å². The Morgan fingerprint density at radius 1 is 1.00 bits per heavy atom. The SMILES string of the molecule is Cc1ccc(S(=O)(=O)CCC(=O)OC(C)C(=O)Nc2ccc(N3CCCCC3)cc2)cc1. The van der Waals surface area contributed by atoms with Gasteiger partial charge in [-0.1, -0.05) is 17.7 Å². The fourth-order valence-electron chi connectivity index (χ4n) is 3.54. The topological polar surface area (TPSA) is 92.8 Å². The molecule has 0 radical (unpaired) electrons. The number of hydrogen-bond donors (Lipinski definition) is 1. The van der Waals surface area contributed by atoms with Gasteiger partial charge in [-0.05, 0) is 69.5 Å². The molecule has 32 heavy (non-hydrogen) atoms. The van der Waals surface area contributed by atoms with E-state index in [-0.39, 0.29) is 17.1 Å². The van der Waals surface area contributed by atoms with Gasteiger partial charge in [0.1, 0.15) is 0 Å². The minimum Gasteiger partial charge on any atom is -0.453 e. The molecule has 7 nitrogen and oxygen atoms in total. The summed E-state index contributed by atoms with van der Waals surface area (Å²) in [7, 11) is -3.60. The predicted octanol–water partition coefficient (Wildman–Crippen LogP) is 3.72. The molecule has 0 spiro atoms. The second kappa shape index (κ2) is 10.6. The molecule has 1 aliphatic heterocycles. The molecule has 0 bridgehead atoms. The fraction of sp³-hybridized carbons (Fsp3) is 0.417. The van der Waals surface area contributed by atoms with E-state index in [1.165, 1.54) is 38.3 Å². The van der Waals surface area contributed by atoms with Crippen molar-refractivity contribution in [1.29, 1.82) is 0 Å². The average Bonchev–Trinajstić information content (AvgIpc) is 2.79. The standard InChI is InChI=1S/C24H30N2O5S/c1-18-6-12-22(13-7-18)32(29,30)17-14-23(27)31-19(2)24(28)25-20-8-10-21(11-9-20)26-15-4-3-5-16-26/h6-13,19H,3-5,14-17H2,1-2H3,(H,25,28). The van der Waals surface area contributed by atoms with Crippen LogP contribution in [0.15, 0.2) is 53.4 Å². The van der Waals surface area contributed by atoms with E-state index in [9.17, 15) is 18.0 Å². The van der Waals surface area contributed by atoms with Gasteiger partial charge >= 0.3 is 5.97 Å². The highest BCUT2D eigenvalue weighted by atomic mass is 32.2. The van der Waals surface area contributed by atoms with Gasteiger partial charge in [0.05, 0.1) is 17.1 Å². The Hall–Kier alpha value is -2.87. The van der Waals surface area contributed by atoms with Crippen LogP contribution in [0.5, 0.6) is 0 Å². The predicted molar refractivity (Wildman–Crippen MR) is 125 cm³/mol. The number of rotatable bonds is 8. The molecule has 0 saturated carbocycles. The number of benzene rings is 2. The third-order valence-corrected chi connectivity index (χ3v) is 7.22. The van der Waals surface area contributed by atoms with Gasteiger partial charge in [0.2, 0.25) is 0 Å². The summed E-state index contributed by atoms with van der Waals surface area (Å²) in [5, 5.41) is 2.73. The number of anilines is 2. The quantitative estimate of drug-likeness (QED) is 0.606. The van der Waals surface area contributed by atoms with Crippen molar-refractivity contribution < 1.29 is 22.7 Å². The summed E-state index contributed by atoms with van der Waals surface area (Å²) in [5.74, 6) is -1.57. The molecule has 172 valence electrons. The Kier molecular flexibility index (Phi) is 7.90. The summed E-state index contributed by atoms with van der Waals surface area (Å²) in [4.78, 5) is 26.9. The van der Waals surface area contributed by atoms with Crippen LogP contribution in [0, 0.1) is 6.92 Å². The van der Waals surface area contributed by atoms with Crippen LogP contribution in [-0.4, -0.2) is 45.2 Å². The first-order valence-electron chi connectivity index (χ1n) is 10.9. The molecule has 2 aromatic rings. The maximum Gasteiger partial charge on any atom is 0.307 e. The molecule has 2 aromatic carbocycles. The van der Waals surface area contributed by atoms with Gasteiger partial charge < -0.3 is 15.0 Å². The van der Waals surface area contributed by atoms with Crippen LogP contribution in [0.2, 0.25) is 0 Å². The highest BCUT2D eigenvalue weighted by Crippen LogP contribution is 2.22. The van der Waals surface area contributed by atoms with Crippen LogP contribution in [0.3, 0.4) is 0 Å². The molecule has 0 aliphatic carbocycles.